The lowest BCUT2D eigenvalue weighted by Crippen LogP contribution is -2.25. The van der Waals surface area contributed by atoms with Crippen LogP contribution in [0.5, 0.6) is 0 Å². The minimum Gasteiger partial charge on any atom is -0.356 e. The largest absolute Gasteiger partial charge is 0.356 e. The fourth-order valence-electron chi connectivity index (χ4n) is 2.57. The summed E-state index contributed by atoms with van der Waals surface area (Å²) in [6.07, 6.45) is 1.98. The molecule has 0 saturated carbocycles. The Morgan fingerprint density at radius 3 is 2.52 bits per heavy atom. The van der Waals surface area contributed by atoms with E-state index in [9.17, 15) is 9.59 Å². The Kier molecular flexibility index (Phi) is 4.57. The molecule has 0 bridgehead atoms. The highest BCUT2D eigenvalue weighted by Gasteiger charge is 2.03. The van der Waals surface area contributed by atoms with Gasteiger partial charge in [0, 0.05) is 13.0 Å². The molecule has 0 aliphatic heterocycles. The van der Waals surface area contributed by atoms with Crippen molar-refractivity contribution in [2.24, 2.45) is 0 Å². The predicted octanol–water partition coefficient (Wildman–Crippen LogP) is 2.15. The van der Waals surface area contributed by atoms with Gasteiger partial charge in [-0.1, -0.05) is 36.4 Å². The molecule has 0 saturated heterocycles. The summed E-state index contributed by atoms with van der Waals surface area (Å²) in [7, 11) is 0. The molecule has 3 aromatic rings. The monoisotopic (exact) mass is 309 g/mol. The van der Waals surface area contributed by atoms with Gasteiger partial charge in [0.25, 0.3) is 0 Å². The number of hydrogen-bond donors (Lipinski definition) is 3. The van der Waals surface area contributed by atoms with Crippen molar-refractivity contribution in [2.75, 3.05) is 6.54 Å². The second-order valence-corrected chi connectivity index (χ2v) is 5.54. The topological polar surface area (TPSA) is 77.8 Å². The molecule has 0 radical (unpaired) electrons. The summed E-state index contributed by atoms with van der Waals surface area (Å²) < 4.78 is 0. The van der Waals surface area contributed by atoms with E-state index in [-0.39, 0.29) is 11.6 Å². The summed E-state index contributed by atoms with van der Waals surface area (Å²) in [5.74, 6) is 0.0602. The Morgan fingerprint density at radius 1 is 0.913 bits per heavy atom. The lowest BCUT2D eigenvalue weighted by molar-refractivity contribution is -0.121. The second-order valence-electron chi connectivity index (χ2n) is 5.54. The van der Waals surface area contributed by atoms with Crippen LogP contribution in [0.25, 0.3) is 11.0 Å². The van der Waals surface area contributed by atoms with E-state index in [0.717, 1.165) is 29.4 Å². The lowest BCUT2D eigenvalue weighted by Gasteiger charge is -2.06. The van der Waals surface area contributed by atoms with E-state index in [1.807, 2.05) is 48.5 Å². The molecule has 0 aliphatic rings. The van der Waals surface area contributed by atoms with Crippen LogP contribution in [0, 0.1) is 0 Å². The van der Waals surface area contributed by atoms with E-state index in [4.69, 9.17) is 0 Å². The molecule has 3 rings (SSSR count). The Morgan fingerprint density at radius 2 is 1.70 bits per heavy atom. The van der Waals surface area contributed by atoms with Gasteiger partial charge in [0.05, 0.1) is 11.0 Å². The van der Waals surface area contributed by atoms with Crippen LogP contribution in [0.4, 0.5) is 0 Å². The molecule has 0 unspecified atom stereocenters. The van der Waals surface area contributed by atoms with Crippen molar-refractivity contribution in [3.8, 4) is 0 Å². The van der Waals surface area contributed by atoms with Crippen molar-refractivity contribution < 1.29 is 4.79 Å². The number of imidazole rings is 1. The number of fused-ring (bicyclic) bond motifs is 1. The first-order chi connectivity index (χ1) is 11.2. The van der Waals surface area contributed by atoms with Gasteiger partial charge in [-0.2, -0.15) is 0 Å². The van der Waals surface area contributed by atoms with Crippen LogP contribution in [0.2, 0.25) is 0 Å². The maximum absolute atomic E-state index is 11.9. The van der Waals surface area contributed by atoms with Crippen molar-refractivity contribution in [3.05, 3.63) is 70.1 Å². The minimum atomic E-state index is -0.202. The van der Waals surface area contributed by atoms with Crippen LogP contribution < -0.4 is 11.0 Å². The zero-order valence-corrected chi connectivity index (χ0v) is 12.8. The molecule has 0 aliphatic carbocycles. The lowest BCUT2D eigenvalue weighted by atomic mass is 10.1. The molecule has 0 spiro atoms. The van der Waals surface area contributed by atoms with E-state index in [1.54, 1.807) is 0 Å². The van der Waals surface area contributed by atoms with Gasteiger partial charge < -0.3 is 15.3 Å². The third-order valence-corrected chi connectivity index (χ3v) is 3.80. The number of aromatic nitrogens is 2. The standard InChI is InChI=1S/C18H19N3O2/c22-17(9-7-13-4-2-1-3-5-13)19-11-10-14-6-8-15-16(12-14)21-18(23)20-15/h1-6,8,12H,7,9-11H2,(H,19,22)(H2,20,21,23). The van der Waals surface area contributed by atoms with Crippen LogP contribution in [-0.2, 0) is 17.6 Å². The van der Waals surface area contributed by atoms with Crippen LogP contribution >= 0.6 is 0 Å². The van der Waals surface area contributed by atoms with Crippen molar-refractivity contribution >= 4 is 16.9 Å². The molecule has 2 aromatic carbocycles. The summed E-state index contributed by atoms with van der Waals surface area (Å²) in [6.45, 7) is 0.591. The number of rotatable bonds is 6. The van der Waals surface area contributed by atoms with E-state index >= 15 is 0 Å². The van der Waals surface area contributed by atoms with Crippen LogP contribution in [0.3, 0.4) is 0 Å². The van der Waals surface area contributed by atoms with Crippen molar-refractivity contribution in [1.29, 1.82) is 0 Å². The Bertz CT molecular complexity index is 849. The molecule has 5 heteroatoms. The third-order valence-electron chi connectivity index (χ3n) is 3.80. The summed E-state index contributed by atoms with van der Waals surface area (Å²) in [5, 5.41) is 2.94. The molecule has 3 N–H and O–H groups in total. The first-order valence-electron chi connectivity index (χ1n) is 7.72. The fraction of sp³-hybridized carbons (Fsp3) is 0.222. The number of benzene rings is 2. The number of aryl methyl sites for hydroxylation is 1. The van der Waals surface area contributed by atoms with Gasteiger partial charge in [0.15, 0.2) is 0 Å². The van der Waals surface area contributed by atoms with Gasteiger partial charge >= 0.3 is 5.69 Å². The average molecular weight is 309 g/mol. The van der Waals surface area contributed by atoms with Gasteiger partial charge in [0.1, 0.15) is 0 Å². The van der Waals surface area contributed by atoms with Gasteiger partial charge in [-0.05, 0) is 36.1 Å². The molecule has 1 aromatic heterocycles. The van der Waals surface area contributed by atoms with Gasteiger partial charge in [-0.3, -0.25) is 4.79 Å². The number of carbonyl (C=O) groups is 1. The SMILES string of the molecule is O=C(CCc1ccccc1)NCCc1ccc2[nH]c(=O)[nH]c2c1. The smallest absolute Gasteiger partial charge is 0.323 e. The number of nitrogens with one attached hydrogen (secondary N) is 3. The number of carbonyl (C=O) groups excluding carboxylic acids is 1. The van der Waals surface area contributed by atoms with E-state index in [0.29, 0.717) is 13.0 Å². The normalized spacial score (nSPS) is 10.8. The molecule has 5 nitrogen and oxygen atoms in total. The van der Waals surface area contributed by atoms with Crippen LogP contribution in [-0.4, -0.2) is 22.4 Å². The predicted molar refractivity (Wildman–Crippen MR) is 90.4 cm³/mol. The summed E-state index contributed by atoms with van der Waals surface area (Å²) in [6, 6.07) is 15.8. The van der Waals surface area contributed by atoms with Gasteiger partial charge in [-0.25, -0.2) is 4.79 Å². The maximum atomic E-state index is 11.9. The second kappa shape index (κ2) is 6.96. The molecule has 1 amide bonds. The number of H-pyrrole nitrogens is 2. The molecule has 0 atom stereocenters. The molecule has 23 heavy (non-hydrogen) atoms. The third kappa shape index (κ3) is 4.10. The number of amides is 1. The van der Waals surface area contributed by atoms with E-state index in [1.165, 1.54) is 5.56 Å². The highest BCUT2D eigenvalue weighted by atomic mass is 16.1. The van der Waals surface area contributed by atoms with Crippen molar-refractivity contribution in [3.63, 3.8) is 0 Å². The average Bonchev–Trinajstić information content (AvgIpc) is 2.93. The summed E-state index contributed by atoms with van der Waals surface area (Å²) >= 11 is 0. The van der Waals surface area contributed by atoms with Crippen molar-refractivity contribution in [1.82, 2.24) is 15.3 Å². The molecular weight excluding hydrogens is 290 g/mol. The van der Waals surface area contributed by atoms with Gasteiger partial charge in [-0.15, -0.1) is 0 Å². The number of hydrogen-bond acceptors (Lipinski definition) is 2. The minimum absolute atomic E-state index is 0.0602. The highest BCUT2D eigenvalue weighted by Crippen LogP contribution is 2.10. The summed E-state index contributed by atoms with van der Waals surface area (Å²) in [5.41, 5.74) is 3.64. The van der Waals surface area contributed by atoms with Crippen LogP contribution in [0.1, 0.15) is 17.5 Å². The zero-order valence-electron chi connectivity index (χ0n) is 12.8. The summed E-state index contributed by atoms with van der Waals surface area (Å²) in [4.78, 5) is 28.5. The molecule has 0 fully saturated rings. The number of aromatic amines is 2. The molecular formula is C18H19N3O2. The first-order valence-corrected chi connectivity index (χ1v) is 7.72. The van der Waals surface area contributed by atoms with E-state index in [2.05, 4.69) is 15.3 Å². The Hall–Kier alpha value is -2.82. The first kappa shape index (κ1) is 15.1. The maximum Gasteiger partial charge on any atom is 0.323 e. The van der Waals surface area contributed by atoms with Gasteiger partial charge in [0.2, 0.25) is 5.91 Å². The Labute approximate surface area is 133 Å². The quantitative estimate of drug-likeness (QED) is 0.652. The van der Waals surface area contributed by atoms with Crippen LogP contribution in [0.15, 0.2) is 53.3 Å². The molecule has 1 heterocycles. The highest BCUT2D eigenvalue weighted by molar-refractivity contribution is 5.76. The van der Waals surface area contributed by atoms with E-state index < -0.39 is 0 Å². The zero-order chi connectivity index (χ0) is 16.1. The molecule has 118 valence electrons. The fourth-order valence-corrected chi connectivity index (χ4v) is 2.57. The Balaban J connectivity index is 1.46. The van der Waals surface area contributed by atoms with Crippen molar-refractivity contribution in [2.45, 2.75) is 19.3 Å².